The van der Waals surface area contributed by atoms with Gasteiger partial charge < -0.3 is 14.8 Å². The number of carbonyl (C=O) groups is 1. The lowest BCUT2D eigenvalue weighted by Crippen LogP contribution is -2.32. The van der Waals surface area contributed by atoms with Crippen molar-refractivity contribution in [3.63, 3.8) is 0 Å². The smallest absolute Gasteiger partial charge is 0.251 e. The number of sulfonamides is 1. The number of nitrogens with one attached hydrogen (secondary N) is 2. The van der Waals surface area contributed by atoms with Crippen molar-refractivity contribution in [2.75, 3.05) is 20.3 Å². The second-order valence-electron chi connectivity index (χ2n) is 6.66. The topological polar surface area (TPSA) is 93.7 Å². The van der Waals surface area contributed by atoms with Gasteiger partial charge in [0.05, 0.1) is 18.2 Å². The van der Waals surface area contributed by atoms with Gasteiger partial charge in [-0.05, 0) is 48.7 Å². The van der Waals surface area contributed by atoms with Gasteiger partial charge in [-0.25, -0.2) is 13.1 Å². The molecule has 1 aliphatic rings. The Labute approximate surface area is 175 Å². The van der Waals surface area contributed by atoms with Crippen LogP contribution in [0.5, 0.6) is 5.75 Å². The number of ether oxygens (including phenoxy) is 2. The van der Waals surface area contributed by atoms with Gasteiger partial charge in [-0.15, -0.1) is 0 Å². The minimum absolute atomic E-state index is 0.0524. The molecule has 2 aromatic carbocycles. The normalized spacial score (nSPS) is 16.6. The van der Waals surface area contributed by atoms with Crippen LogP contribution in [0.1, 0.15) is 28.8 Å². The van der Waals surface area contributed by atoms with Gasteiger partial charge in [-0.3, -0.25) is 4.79 Å². The Morgan fingerprint density at radius 2 is 2.00 bits per heavy atom. The molecule has 1 amide bonds. The number of benzene rings is 2. The van der Waals surface area contributed by atoms with Crippen molar-refractivity contribution < 1.29 is 22.7 Å². The summed E-state index contributed by atoms with van der Waals surface area (Å²) < 4.78 is 38.3. The molecule has 0 aliphatic carbocycles. The minimum Gasteiger partial charge on any atom is -0.497 e. The summed E-state index contributed by atoms with van der Waals surface area (Å²) in [6.45, 7) is 1.11. The monoisotopic (exact) mass is 438 g/mol. The van der Waals surface area contributed by atoms with E-state index in [0.717, 1.165) is 24.2 Å². The third-order valence-electron chi connectivity index (χ3n) is 4.62. The summed E-state index contributed by atoms with van der Waals surface area (Å²) in [5.41, 5.74) is 1.10. The molecule has 0 saturated carbocycles. The molecule has 1 saturated heterocycles. The molecule has 2 aromatic rings. The number of hydrogen-bond donors (Lipinski definition) is 2. The SMILES string of the molecule is COc1ccc(CNC(=O)c2ccc(Cl)c(S(=O)(=O)NCC3CCCO3)c2)cc1. The van der Waals surface area contributed by atoms with Crippen LogP contribution in [-0.2, 0) is 21.3 Å². The highest BCUT2D eigenvalue weighted by Gasteiger charge is 2.23. The Morgan fingerprint density at radius 3 is 2.66 bits per heavy atom. The molecular weight excluding hydrogens is 416 g/mol. The standard InChI is InChI=1S/C20H23ClN2O5S/c1-27-16-7-4-14(5-8-16)12-22-20(24)15-6-9-18(21)19(11-15)29(25,26)23-13-17-3-2-10-28-17/h4-9,11,17,23H,2-3,10,12-13H2,1H3,(H,22,24). The molecule has 3 rings (SSSR count). The average molecular weight is 439 g/mol. The summed E-state index contributed by atoms with van der Waals surface area (Å²) in [5, 5.41) is 2.82. The molecule has 2 N–H and O–H groups in total. The molecule has 1 fully saturated rings. The fraction of sp³-hybridized carbons (Fsp3) is 0.350. The molecule has 9 heteroatoms. The van der Waals surface area contributed by atoms with Gasteiger partial charge in [-0.1, -0.05) is 23.7 Å². The zero-order chi connectivity index (χ0) is 20.9. The molecule has 156 valence electrons. The van der Waals surface area contributed by atoms with Crippen LogP contribution in [0.4, 0.5) is 0 Å². The lowest BCUT2D eigenvalue weighted by atomic mass is 10.2. The van der Waals surface area contributed by atoms with E-state index in [2.05, 4.69) is 10.0 Å². The van der Waals surface area contributed by atoms with E-state index in [-0.39, 0.29) is 28.1 Å². The van der Waals surface area contributed by atoms with Crippen molar-refractivity contribution in [1.82, 2.24) is 10.0 Å². The number of halogens is 1. The predicted molar refractivity (Wildman–Crippen MR) is 110 cm³/mol. The molecule has 0 aromatic heterocycles. The maximum absolute atomic E-state index is 12.6. The fourth-order valence-corrected chi connectivity index (χ4v) is 4.55. The molecular formula is C20H23ClN2O5S. The highest BCUT2D eigenvalue weighted by Crippen LogP contribution is 2.23. The van der Waals surface area contributed by atoms with Crippen LogP contribution in [-0.4, -0.2) is 40.7 Å². The van der Waals surface area contributed by atoms with Gasteiger partial charge in [-0.2, -0.15) is 0 Å². The maximum atomic E-state index is 12.6. The Morgan fingerprint density at radius 1 is 1.24 bits per heavy atom. The van der Waals surface area contributed by atoms with Gasteiger partial charge in [0.2, 0.25) is 10.0 Å². The fourth-order valence-electron chi connectivity index (χ4n) is 2.96. The van der Waals surface area contributed by atoms with Crippen molar-refractivity contribution in [3.05, 3.63) is 58.6 Å². The first-order chi connectivity index (χ1) is 13.9. The van der Waals surface area contributed by atoms with Gasteiger partial charge in [0.15, 0.2) is 0 Å². The molecule has 0 spiro atoms. The zero-order valence-electron chi connectivity index (χ0n) is 16.0. The van der Waals surface area contributed by atoms with Crippen molar-refractivity contribution in [2.45, 2.75) is 30.4 Å². The molecule has 0 bridgehead atoms. The van der Waals surface area contributed by atoms with Crippen LogP contribution in [0.3, 0.4) is 0 Å². The predicted octanol–water partition coefficient (Wildman–Crippen LogP) is 2.74. The molecule has 1 aliphatic heterocycles. The van der Waals surface area contributed by atoms with E-state index < -0.39 is 15.9 Å². The maximum Gasteiger partial charge on any atom is 0.251 e. The van der Waals surface area contributed by atoms with Crippen molar-refractivity contribution >= 4 is 27.5 Å². The van der Waals surface area contributed by atoms with E-state index in [1.807, 2.05) is 12.1 Å². The second kappa shape index (κ2) is 9.58. The van der Waals surface area contributed by atoms with Crippen LogP contribution >= 0.6 is 11.6 Å². The second-order valence-corrected chi connectivity index (χ2v) is 8.81. The van der Waals surface area contributed by atoms with E-state index in [9.17, 15) is 13.2 Å². The lowest BCUT2D eigenvalue weighted by Gasteiger charge is -2.13. The molecule has 1 heterocycles. The minimum atomic E-state index is -3.87. The first-order valence-electron chi connectivity index (χ1n) is 9.21. The Bertz CT molecular complexity index is 957. The molecule has 0 radical (unpaired) electrons. The van der Waals surface area contributed by atoms with Gasteiger partial charge in [0.1, 0.15) is 10.6 Å². The first-order valence-corrected chi connectivity index (χ1v) is 11.1. The number of methoxy groups -OCH3 is 1. The van der Waals surface area contributed by atoms with Crippen LogP contribution in [0.15, 0.2) is 47.4 Å². The van der Waals surface area contributed by atoms with Gasteiger partial charge >= 0.3 is 0 Å². The summed E-state index contributed by atoms with van der Waals surface area (Å²) in [4.78, 5) is 12.4. The highest BCUT2D eigenvalue weighted by molar-refractivity contribution is 7.89. The summed E-state index contributed by atoms with van der Waals surface area (Å²) in [6.07, 6.45) is 1.58. The summed E-state index contributed by atoms with van der Waals surface area (Å²) in [5.74, 6) is 0.330. The van der Waals surface area contributed by atoms with Crippen LogP contribution in [0, 0.1) is 0 Å². The van der Waals surface area contributed by atoms with E-state index in [1.54, 1.807) is 19.2 Å². The van der Waals surface area contributed by atoms with E-state index in [4.69, 9.17) is 21.1 Å². The average Bonchev–Trinajstić information content (AvgIpc) is 3.25. The van der Waals surface area contributed by atoms with E-state index in [0.29, 0.717) is 13.2 Å². The Hall–Kier alpha value is -2.13. The third-order valence-corrected chi connectivity index (χ3v) is 6.53. The quantitative estimate of drug-likeness (QED) is 0.661. The first kappa shape index (κ1) is 21.6. The Balaban J connectivity index is 1.67. The van der Waals surface area contributed by atoms with Crippen molar-refractivity contribution in [1.29, 1.82) is 0 Å². The highest BCUT2D eigenvalue weighted by atomic mass is 35.5. The zero-order valence-corrected chi connectivity index (χ0v) is 17.6. The molecule has 29 heavy (non-hydrogen) atoms. The van der Waals surface area contributed by atoms with E-state index >= 15 is 0 Å². The van der Waals surface area contributed by atoms with Gasteiger partial charge in [0, 0.05) is 25.3 Å². The number of rotatable bonds is 8. The number of amides is 1. The molecule has 1 unspecified atom stereocenters. The number of carbonyl (C=O) groups excluding carboxylic acids is 1. The molecule has 1 atom stereocenters. The molecule has 7 nitrogen and oxygen atoms in total. The lowest BCUT2D eigenvalue weighted by molar-refractivity contribution is 0.0950. The van der Waals surface area contributed by atoms with Crippen LogP contribution in [0.2, 0.25) is 5.02 Å². The van der Waals surface area contributed by atoms with Crippen LogP contribution < -0.4 is 14.8 Å². The Kier molecular flexibility index (Phi) is 7.13. The van der Waals surface area contributed by atoms with Crippen LogP contribution in [0.25, 0.3) is 0 Å². The summed E-state index contributed by atoms with van der Waals surface area (Å²) >= 11 is 6.09. The summed E-state index contributed by atoms with van der Waals surface area (Å²) in [7, 11) is -2.28. The van der Waals surface area contributed by atoms with Gasteiger partial charge in [0.25, 0.3) is 5.91 Å². The van der Waals surface area contributed by atoms with Crippen molar-refractivity contribution in [3.8, 4) is 5.75 Å². The number of hydrogen-bond acceptors (Lipinski definition) is 5. The van der Waals surface area contributed by atoms with E-state index in [1.165, 1.54) is 18.2 Å². The van der Waals surface area contributed by atoms with Crippen molar-refractivity contribution in [2.24, 2.45) is 0 Å². The third kappa shape index (κ3) is 5.70. The largest absolute Gasteiger partial charge is 0.497 e. The summed E-state index contributed by atoms with van der Waals surface area (Å²) in [6, 6.07) is 11.5.